The Labute approximate surface area is 124 Å². The fourth-order valence-electron chi connectivity index (χ4n) is 1.75. The van der Waals surface area contributed by atoms with E-state index in [1.54, 1.807) is 11.6 Å². The summed E-state index contributed by atoms with van der Waals surface area (Å²) in [5.74, 6) is -1.98. The van der Waals surface area contributed by atoms with Crippen LogP contribution in [0.25, 0.3) is 0 Å². The van der Waals surface area contributed by atoms with Crippen LogP contribution in [0.4, 0.5) is 8.78 Å². The van der Waals surface area contributed by atoms with E-state index in [-0.39, 0.29) is 12.0 Å². The first-order valence-electron chi connectivity index (χ1n) is 6.11. The summed E-state index contributed by atoms with van der Waals surface area (Å²) in [5, 5.41) is 13.3. The molecule has 0 aliphatic heterocycles. The SMILES string of the molecule is N#C[C@H](NC(=O)CCc1cscn1)c1ccc(F)cc1F. The Balaban J connectivity index is 1.98. The quantitative estimate of drug-likeness (QED) is 0.923. The molecule has 1 aromatic heterocycles. The highest BCUT2D eigenvalue weighted by Gasteiger charge is 2.18. The lowest BCUT2D eigenvalue weighted by atomic mass is 10.1. The van der Waals surface area contributed by atoms with E-state index < -0.39 is 23.6 Å². The van der Waals surface area contributed by atoms with Gasteiger partial charge in [0.15, 0.2) is 0 Å². The summed E-state index contributed by atoms with van der Waals surface area (Å²) < 4.78 is 26.4. The Kier molecular flexibility index (Phi) is 4.95. The molecule has 1 atom stereocenters. The molecule has 0 aliphatic rings. The van der Waals surface area contributed by atoms with Crippen molar-refractivity contribution in [1.29, 1.82) is 5.26 Å². The van der Waals surface area contributed by atoms with Crippen molar-refractivity contribution in [2.75, 3.05) is 0 Å². The van der Waals surface area contributed by atoms with Gasteiger partial charge in [-0.2, -0.15) is 5.26 Å². The van der Waals surface area contributed by atoms with E-state index in [9.17, 15) is 13.6 Å². The average molecular weight is 307 g/mol. The Bertz CT molecular complexity index is 667. The Morgan fingerprint density at radius 1 is 1.48 bits per heavy atom. The average Bonchev–Trinajstić information content (AvgIpc) is 2.96. The molecule has 0 unspecified atom stereocenters. The zero-order valence-corrected chi connectivity index (χ0v) is 11.7. The van der Waals surface area contributed by atoms with Crippen molar-refractivity contribution >= 4 is 17.2 Å². The van der Waals surface area contributed by atoms with Crippen LogP contribution in [0.5, 0.6) is 0 Å². The molecular formula is C14H11F2N3OS. The van der Waals surface area contributed by atoms with Crippen LogP contribution in [0.1, 0.15) is 23.7 Å². The smallest absolute Gasteiger partial charge is 0.221 e. The summed E-state index contributed by atoms with van der Waals surface area (Å²) in [6.07, 6.45) is 0.587. The van der Waals surface area contributed by atoms with Crippen molar-refractivity contribution in [3.63, 3.8) is 0 Å². The largest absolute Gasteiger partial charge is 0.337 e. The number of nitrogens with zero attached hydrogens (tertiary/aromatic N) is 2. The molecule has 0 saturated heterocycles. The summed E-state index contributed by atoms with van der Waals surface area (Å²) >= 11 is 1.43. The molecule has 0 aliphatic carbocycles. The van der Waals surface area contributed by atoms with E-state index in [1.807, 2.05) is 5.38 Å². The maximum absolute atomic E-state index is 13.6. The van der Waals surface area contributed by atoms with E-state index in [2.05, 4.69) is 10.3 Å². The molecule has 1 amide bonds. The van der Waals surface area contributed by atoms with Gasteiger partial charge in [0.25, 0.3) is 0 Å². The second-order valence-corrected chi connectivity index (χ2v) is 4.99. The molecule has 1 heterocycles. The first-order valence-corrected chi connectivity index (χ1v) is 7.05. The third-order valence-corrected chi connectivity index (χ3v) is 3.43. The van der Waals surface area contributed by atoms with Crippen LogP contribution < -0.4 is 5.32 Å². The number of carbonyl (C=O) groups excluding carboxylic acids is 1. The number of thiazole rings is 1. The molecule has 21 heavy (non-hydrogen) atoms. The molecule has 2 aromatic rings. The van der Waals surface area contributed by atoms with Crippen LogP contribution in [0.15, 0.2) is 29.1 Å². The fraction of sp³-hybridized carbons (Fsp3) is 0.214. The third kappa shape index (κ3) is 4.07. The van der Waals surface area contributed by atoms with Crippen molar-refractivity contribution in [1.82, 2.24) is 10.3 Å². The highest BCUT2D eigenvalue weighted by molar-refractivity contribution is 7.07. The van der Waals surface area contributed by atoms with Crippen LogP contribution in [-0.4, -0.2) is 10.9 Å². The molecule has 2 rings (SSSR count). The molecule has 108 valence electrons. The van der Waals surface area contributed by atoms with E-state index in [0.29, 0.717) is 12.5 Å². The van der Waals surface area contributed by atoms with Gasteiger partial charge < -0.3 is 5.32 Å². The summed E-state index contributed by atoms with van der Waals surface area (Å²) in [6, 6.07) is 3.53. The third-order valence-electron chi connectivity index (χ3n) is 2.80. The zero-order chi connectivity index (χ0) is 15.2. The molecule has 7 heteroatoms. The van der Waals surface area contributed by atoms with Crippen molar-refractivity contribution in [3.8, 4) is 6.07 Å². The zero-order valence-electron chi connectivity index (χ0n) is 10.8. The Morgan fingerprint density at radius 3 is 2.90 bits per heavy atom. The van der Waals surface area contributed by atoms with Crippen molar-refractivity contribution in [2.24, 2.45) is 0 Å². The van der Waals surface area contributed by atoms with Gasteiger partial charge >= 0.3 is 0 Å². The minimum absolute atomic E-state index is 0.0547. The number of nitrogens with one attached hydrogen (secondary N) is 1. The minimum Gasteiger partial charge on any atom is -0.337 e. The van der Waals surface area contributed by atoms with Gasteiger partial charge in [0, 0.05) is 23.4 Å². The summed E-state index contributed by atoms with van der Waals surface area (Å²) in [7, 11) is 0. The predicted molar refractivity (Wildman–Crippen MR) is 73.3 cm³/mol. The van der Waals surface area contributed by atoms with Crippen molar-refractivity contribution < 1.29 is 13.6 Å². The standard InChI is InChI=1S/C14H11F2N3OS/c15-9-1-3-11(12(16)5-9)13(6-17)19-14(20)4-2-10-7-21-8-18-10/h1,3,5,7-8,13H,2,4H2,(H,19,20)/t13-/m0/s1. The molecule has 0 spiro atoms. The number of benzene rings is 1. The van der Waals surface area contributed by atoms with Crippen LogP contribution in [0.3, 0.4) is 0 Å². The first-order chi connectivity index (χ1) is 10.1. The van der Waals surface area contributed by atoms with Gasteiger partial charge in [-0.3, -0.25) is 4.79 Å². The lowest BCUT2D eigenvalue weighted by Crippen LogP contribution is -2.28. The van der Waals surface area contributed by atoms with E-state index in [1.165, 1.54) is 11.3 Å². The maximum atomic E-state index is 13.6. The number of halogens is 2. The lowest BCUT2D eigenvalue weighted by molar-refractivity contribution is -0.121. The highest BCUT2D eigenvalue weighted by atomic mass is 32.1. The number of amides is 1. The fourth-order valence-corrected chi connectivity index (χ4v) is 2.34. The minimum atomic E-state index is -1.14. The number of carbonyl (C=O) groups is 1. The van der Waals surface area contributed by atoms with Gasteiger partial charge in [-0.25, -0.2) is 13.8 Å². The molecular weight excluding hydrogens is 296 g/mol. The number of aromatic nitrogens is 1. The number of nitriles is 1. The number of hydrogen-bond donors (Lipinski definition) is 1. The van der Waals surface area contributed by atoms with Gasteiger partial charge in [-0.1, -0.05) is 6.07 Å². The van der Waals surface area contributed by atoms with Gasteiger partial charge in [0.2, 0.25) is 5.91 Å². The highest BCUT2D eigenvalue weighted by Crippen LogP contribution is 2.18. The maximum Gasteiger partial charge on any atom is 0.221 e. The lowest BCUT2D eigenvalue weighted by Gasteiger charge is -2.12. The normalized spacial score (nSPS) is 11.7. The van der Waals surface area contributed by atoms with Gasteiger partial charge in [-0.15, -0.1) is 11.3 Å². The van der Waals surface area contributed by atoms with Crippen LogP contribution in [0, 0.1) is 23.0 Å². The van der Waals surface area contributed by atoms with Crippen LogP contribution in [-0.2, 0) is 11.2 Å². The Morgan fingerprint density at radius 2 is 2.29 bits per heavy atom. The molecule has 0 fully saturated rings. The molecule has 0 radical (unpaired) electrons. The van der Waals surface area contributed by atoms with Gasteiger partial charge in [-0.05, 0) is 12.5 Å². The predicted octanol–water partition coefficient (Wildman–Crippen LogP) is 2.73. The topological polar surface area (TPSA) is 65.8 Å². The van der Waals surface area contributed by atoms with Crippen LogP contribution >= 0.6 is 11.3 Å². The number of rotatable bonds is 5. The molecule has 1 aromatic carbocycles. The molecule has 4 nitrogen and oxygen atoms in total. The van der Waals surface area contributed by atoms with Gasteiger partial charge in [0.05, 0.1) is 17.3 Å². The Hall–Kier alpha value is -2.33. The molecule has 1 N–H and O–H groups in total. The van der Waals surface area contributed by atoms with E-state index in [4.69, 9.17) is 5.26 Å². The summed E-state index contributed by atoms with van der Waals surface area (Å²) in [5.41, 5.74) is 2.40. The molecule has 0 saturated carbocycles. The van der Waals surface area contributed by atoms with Crippen molar-refractivity contribution in [2.45, 2.75) is 18.9 Å². The van der Waals surface area contributed by atoms with E-state index in [0.717, 1.165) is 17.8 Å². The second-order valence-electron chi connectivity index (χ2n) is 4.28. The molecule has 0 bridgehead atoms. The van der Waals surface area contributed by atoms with Crippen LogP contribution in [0.2, 0.25) is 0 Å². The van der Waals surface area contributed by atoms with Gasteiger partial charge in [0.1, 0.15) is 17.7 Å². The monoisotopic (exact) mass is 307 g/mol. The second kappa shape index (κ2) is 6.90. The number of aryl methyl sites for hydroxylation is 1. The summed E-state index contributed by atoms with van der Waals surface area (Å²) in [6.45, 7) is 0. The van der Waals surface area contributed by atoms with E-state index >= 15 is 0 Å². The summed E-state index contributed by atoms with van der Waals surface area (Å²) in [4.78, 5) is 15.8. The number of hydrogen-bond acceptors (Lipinski definition) is 4. The van der Waals surface area contributed by atoms with Crippen molar-refractivity contribution in [3.05, 3.63) is 52.0 Å². The first kappa shape index (κ1) is 15.1.